The zero-order valence-electron chi connectivity index (χ0n) is 13.0. The number of hydrogen-bond acceptors (Lipinski definition) is 4. The number of anilines is 1. The Kier molecular flexibility index (Phi) is 4.14. The average Bonchev–Trinajstić information content (AvgIpc) is 2.87. The Morgan fingerprint density at radius 2 is 2.13 bits per heavy atom. The summed E-state index contributed by atoms with van der Waals surface area (Å²) in [7, 11) is -3.06. The van der Waals surface area contributed by atoms with E-state index >= 15 is 0 Å². The smallest absolute Gasteiger partial charge is 0.224 e. The minimum atomic E-state index is -3.06. The molecule has 2 N–H and O–H groups in total. The lowest BCUT2D eigenvalue weighted by Crippen LogP contribution is -2.33. The lowest BCUT2D eigenvalue weighted by Gasteiger charge is -2.21. The van der Waals surface area contributed by atoms with Crippen molar-refractivity contribution in [3.8, 4) is 0 Å². The molecule has 2 atom stereocenters. The Hall–Kier alpha value is -1.89. The molecule has 2 heterocycles. The first kappa shape index (κ1) is 16.0. The van der Waals surface area contributed by atoms with Gasteiger partial charge in [-0.25, -0.2) is 8.42 Å². The highest BCUT2D eigenvalue weighted by Crippen LogP contribution is 2.26. The average molecular weight is 336 g/mol. The third-order valence-corrected chi connectivity index (χ3v) is 6.25. The maximum Gasteiger partial charge on any atom is 0.224 e. The Labute approximate surface area is 135 Å². The van der Waals surface area contributed by atoms with Gasteiger partial charge in [-0.1, -0.05) is 12.1 Å². The highest BCUT2D eigenvalue weighted by atomic mass is 32.2. The van der Waals surface area contributed by atoms with Crippen molar-refractivity contribution in [2.24, 2.45) is 5.92 Å². The van der Waals surface area contributed by atoms with Crippen LogP contribution in [0, 0.1) is 5.92 Å². The number of hydrogen-bond donors (Lipinski definition) is 2. The number of carbonyl (C=O) groups excluding carboxylic acids is 2. The van der Waals surface area contributed by atoms with Crippen LogP contribution in [0.25, 0.3) is 0 Å². The van der Waals surface area contributed by atoms with Crippen LogP contribution in [-0.2, 0) is 25.8 Å². The fraction of sp³-hybridized carbons (Fsp3) is 0.500. The minimum Gasteiger partial charge on any atom is -0.349 e. The molecule has 2 unspecified atom stereocenters. The molecule has 0 aliphatic carbocycles. The van der Waals surface area contributed by atoms with E-state index in [1.54, 1.807) is 0 Å². The first-order valence-electron chi connectivity index (χ1n) is 7.77. The Balaban J connectivity index is 1.68. The van der Waals surface area contributed by atoms with Crippen molar-refractivity contribution in [2.75, 3.05) is 16.8 Å². The molecule has 1 aromatic carbocycles. The second-order valence-corrected chi connectivity index (χ2v) is 8.52. The Morgan fingerprint density at radius 1 is 1.35 bits per heavy atom. The topological polar surface area (TPSA) is 92.3 Å². The summed E-state index contributed by atoms with van der Waals surface area (Å²) in [5.41, 5.74) is 2.84. The van der Waals surface area contributed by atoms with E-state index < -0.39 is 15.8 Å². The third kappa shape index (κ3) is 3.55. The number of carbonyl (C=O) groups is 2. The maximum atomic E-state index is 12.2. The predicted molar refractivity (Wildman–Crippen MR) is 86.7 cm³/mol. The van der Waals surface area contributed by atoms with E-state index in [-0.39, 0.29) is 29.4 Å². The van der Waals surface area contributed by atoms with Gasteiger partial charge in [0.05, 0.1) is 23.5 Å². The summed E-state index contributed by atoms with van der Waals surface area (Å²) >= 11 is 0. The minimum absolute atomic E-state index is 0.0223. The first-order chi connectivity index (χ1) is 10.8. The van der Waals surface area contributed by atoms with E-state index in [9.17, 15) is 18.0 Å². The number of amides is 2. The van der Waals surface area contributed by atoms with Crippen LogP contribution in [0.1, 0.15) is 36.9 Å². The molecule has 124 valence electrons. The molecule has 2 aliphatic rings. The van der Waals surface area contributed by atoms with Gasteiger partial charge in [-0.2, -0.15) is 0 Å². The van der Waals surface area contributed by atoms with Gasteiger partial charge in [0, 0.05) is 12.1 Å². The summed E-state index contributed by atoms with van der Waals surface area (Å²) in [4.78, 5) is 23.6. The number of fused-ring (bicyclic) bond motifs is 1. The molecule has 2 amide bonds. The van der Waals surface area contributed by atoms with E-state index in [2.05, 4.69) is 10.6 Å². The summed E-state index contributed by atoms with van der Waals surface area (Å²) < 4.78 is 22.9. The van der Waals surface area contributed by atoms with Crippen molar-refractivity contribution in [3.63, 3.8) is 0 Å². The first-order valence-corrected chi connectivity index (χ1v) is 9.60. The molecule has 1 aromatic rings. The maximum absolute atomic E-state index is 12.2. The molecular formula is C16H20N2O4S. The molecule has 7 heteroatoms. The molecule has 0 saturated carbocycles. The number of sulfone groups is 1. The fourth-order valence-electron chi connectivity index (χ4n) is 3.09. The fourth-order valence-corrected chi connectivity index (χ4v) is 4.83. The Bertz CT molecular complexity index is 757. The van der Waals surface area contributed by atoms with E-state index in [1.807, 2.05) is 25.1 Å². The molecule has 3 rings (SSSR count). The van der Waals surface area contributed by atoms with Crippen LogP contribution in [-0.4, -0.2) is 31.7 Å². The predicted octanol–water partition coefficient (Wildman–Crippen LogP) is 1.18. The SMILES string of the molecule is CC(NC(=O)C1CCS(=O)(=O)C1)c1ccc2c(c1)CCC(=O)N2. The summed E-state index contributed by atoms with van der Waals surface area (Å²) in [6.07, 6.45) is 1.56. The second kappa shape index (κ2) is 5.96. The van der Waals surface area contributed by atoms with Crippen LogP contribution in [0.3, 0.4) is 0 Å². The van der Waals surface area contributed by atoms with Crippen molar-refractivity contribution < 1.29 is 18.0 Å². The molecule has 0 bridgehead atoms. The van der Waals surface area contributed by atoms with Gasteiger partial charge in [-0.05, 0) is 37.0 Å². The van der Waals surface area contributed by atoms with Gasteiger partial charge in [-0.3, -0.25) is 9.59 Å². The lowest BCUT2D eigenvalue weighted by atomic mass is 9.97. The number of aryl methyl sites for hydroxylation is 1. The van der Waals surface area contributed by atoms with Crippen LogP contribution < -0.4 is 10.6 Å². The van der Waals surface area contributed by atoms with Gasteiger partial charge in [0.1, 0.15) is 0 Å². The molecule has 0 radical (unpaired) electrons. The molecule has 6 nitrogen and oxygen atoms in total. The van der Waals surface area contributed by atoms with Crippen molar-refractivity contribution in [1.82, 2.24) is 5.32 Å². The summed E-state index contributed by atoms with van der Waals surface area (Å²) in [5, 5.41) is 5.73. The van der Waals surface area contributed by atoms with Gasteiger partial charge in [0.2, 0.25) is 11.8 Å². The molecule has 23 heavy (non-hydrogen) atoms. The summed E-state index contributed by atoms with van der Waals surface area (Å²) in [6.45, 7) is 1.88. The third-order valence-electron chi connectivity index (χ3n) is 4.49. The second-order valence-electron chi connectivity index (χ2n) is 6.29. The molecule has 0 spiro atoms. The van der Waals surface area contributed by atoms with Crippen molar-refractivity contribution in [1.29, 1.82) is 0 Å². The zero-order chi connectivity index (χ0) is 16.6. The van der Waals surface area contributed by atoms with E-state index in [0.29, 0.717) is 19.3 Å². The quantitative estimate of drug-likeness (QED) is 0.867. The van der Waals surface area contributed by atoms with E-state index in [0.717, 1.165) is 16.8 Å². The van der Waals surface area contributed by atoms with Crippen molar-refractivity contribution in [3.05, 3.63) is 29.3 Å². The van der Waals surface area contributed by atoms with Gasteiger partial charge < -0.3 is 10.6 Å². The van der Waals surface area contributed by atoms with Crippen molar-refractivity contribution >= 4 is 27.3 Å². The van der Waals surface area contributed by atoms with Crippen LogP contribution in [0.15, 0.2) is 18.2 Å². The van der Waals surface area contributed by atoms with Gasteiger partial charge in [0.25, 0.3) is 0 Å². The van der Waals surface area contributed by atoms with Crippen LogP contribution in [0.4, 0.5) is 5.69 Å². The van der Waals surface area contributed by atoms with Gasteiger partial charge >= 0.3 is 0 Å². The summed E-state index contributed by atoms with van der Waals surface area (Å²) in [6, 6.07) is 5.52. The molecule has 2 aliphatic heterocycles. The standard InChI is InChI=1S/C16H20N2O4S/c1-10(17-16(20)13-6-7-23(21,22)9-13)11-2-4-14-12(8-11)3-5-15(19)18-14/h2,4,8,10,13H,3,5-7,9H2,1H3,(H,17,20)(H,18,19). The monoisotopic (exact) mass is 336 g/mol. The normalized spacial score (nSPS) is 23.7. The highest BCUT2D eigenvalue weighted by molar-refractivity contribution is 7.91. The van der Waals surface area contributed by atoms with Crippen molar-refractivity contribution in [2.45, 2.75) is 32.2 Å². The Morgan fingerprint density at radius 3 is 2.83 bits per heavy atom. The number of benzene rings is 1. The highest BCUT2D eigenvalue weighted by Gasteiger charge is 2.33. The lowest BCUT2D eigenvalue weighted by molar-refractivity contribution is -0.125. The van der Waals surface area contributed by atoms with Gasteiger partial charge in [-0.15, -0.1) is 0 Å². The van der Waals surface area contributed by atoms with E-state index in [1.165, 1.54) is 0 Å². The van der Waals surface area contributed by atoms with Crippen LogP contribution in [0.5, 0.6) is 0 Å². The molecular weight excluding hydrogens is 316 g/mol. The van der Waals surface area contributed by atoms with Gasteiger partial charge in [0.15, 0.2) is 9.84 Å². The van der Waals surface area contributed by atoms with Crippen LogP contribution in [0.2, 0.25) is 0 Å². The zero-order valence-corrected chi connectivity index (χ0v) is 13.8. The molecule has 0 aromatic heterocycles. The molecule has 1 fully saturated rings. The van der Waals surface area contributed by atoms with E-state index in [4.69, 9.17) is 0 Å². The van der Waals surface area contributed by atoms with Crippen LogP contribution >= 0.6 is 0 Å². The number of rotatable bonds is 3. The number of nitrogens with one attached hydrogen (secondary N) is 2. The largest absolute Gasteiger partial charge is 0.349 e. The summed E-state index contributed by atoms with van der Waals surface area (Å²) in [5.74, 6) is -0.585. The molecule has 1 saturated heterocycles.